The minimum atomic E-state index is -1.31. The molecule has 1 aromatic rings. The standard InChI is InChI=1S/C19H23N5O8S/c1-10-2-3-11(22-9-25)6-13(10)24-19(32)33-8-14(17(29)21-7-16(27)28)23-15(26)5-4-12(20)18(30)31/h2-3,6,12,14H,4-5,7-8,20H2,1H3,(H,21,29)(H,23,26)(H,24,32)(H,27,28)(H,30,31)/t12-,14-/m0/s1. The van der Waals surface area contributed by atoms with E-state index in [0.29, 0.717) is 23.0 Å². The summed E-state index contributed by atoms with van der Waals surface area (Å²) in [6.07, 6.45) is 0.909. The van der Waals surface area contributed by atoms with Gasteiger partial charge in [0.05, 0.1) is 5.69 Å². The number of nitrogens with one attached hydrogen (secondary N) is 3. The van der Waals surface area contributed by atoms with Crippen LogP contribution in [0, 0.1) is 6.92 Å². The number of nitrogens with two attached hydrogens (primary N) is 1. The number of aliphatic carboxylic acids is 2. The highest BCUT2D eigenvalue weighted by Crippen LogP contribution is 2.23. The lowest BCUT2D eigenvalue weighted by atomic mass is 10.1. The van der Waals surface area contributed by atoms with Gasteiger partial charge in [-0.05, 0) is 31.0 Å². The average Bonchev–Trinajstić information content (AvgIpc) is 2.75. The fourth-order valence-electron chi connectivity index (χ4n) is 2.32. The summed E-state index contributed by atoms with van der Waals surface area (Å²) >= 11 is 0.641. The van der Waals surface area contributed by atoms with Gasteiger partial charge in [-0.15, -0.1) is 0 Å². The van der Waals surface area contributed by atoms with Crippen molar-refractivity contribution >= 4 is 58.2 Å². The molecule has 0 saturated carbocycles. The third kappa shape index (κ3) is 10.4. The van der Waals surface area contributed by atoms with E-state index in [-0.39, 0.29) is 24.3 Å². The van der Waals surface area contributed by atoms with Gasteiger partial charge in [0.15, 0.2) is 0 Å². The second-order valence-corrected chi connectivity index (χ2v) is 7.63. The first-order valence-corrected chi connectivity index (χ1v) is 10.4. The summed E-state index contributed by atoms with van der Waals surface area (Å²) in [5.41, 5.74) is 6.65. The van der Waals surface area contributed by atoms with E-state index in [0.717, 1.165) is 0 Å². The Morgan fingerprint density at radius 1 is 1.21 bits per heavy atom. The number of isocyanates is 1. The molecule has 0 aromatic heterocycles. The van der Waals surface area contributed by atoms with E-state index in [1.54, 1.807) is 19.1 Å². The van der Waals surface area contributed by atoms with Crippen LogP contribution in [0.5, 0.6) is 0 Å². The van der Waals surface area contributed by atoms with Crippen molar-refractivity contribution in [3.8, 4) is 0 Å². The molecule has 0 heterocycles. The Morgan fingerprint density at radius 3 is 2.52 bits per heavy atom. The molecule has 1 aromatic carbocycles. The number of nitrogens with zero attached hydrogens (tertiary/aromatic N) is 1. The van der Waals surface area contributed by atoms with Gasteiger partial charge in [-0.2, -0.15) is 4.99 Å². The van der Waals surface area contributed by atoms with E-state index in [4.69, 9.17) is 15.9 Å². The summed E-state index contributed by atoms with van der Waals surface area (Å²) in [6, 6.07) is 2.08. The van der Waals surface area contributed by atoms with Crippen molar-refractivity contribution in [1.82, 2.24) is 10.6 Å². The lowest BCUT2D eigenvalue weighted by Crippen LogP contribution is -2.49. The van der Waals surface area contributed by atoms with E-state index in [1.165, 1.54) is 12.1 Å². The summed E-state index contributed by atoms with van der Waals surface area (Å²) in [4.78, 5) is 72.0. The molecule has 0 bridgehead atoms. The third-order valence-electron chi connectivity index (χ3n) is 4.08. The molecule has 0 saturated heterocycles. The Kier molecular flexibility index (Phi) is 11.3. The van der Waals surface area contributed by atoms with Crippen LogP contribution in [0.1, 0.15) is 18.4 Å². The van der Waals surface area contributed by atoms with Gasteiger partial charge >= 0.3 is 11.9 Å². The van der Waals surface area contributed by atoms with Crippen LogP contribution in [0.2, 0.25) is 0 Å². The maximum Gasteiger partial charge on any atom is 0.322 e. The van der Waals surface area contributed by atoms with Crippen molar-refractivity contribution < 1.29 is 39.0 Å². The van der Waals surface area contributed by atoms with Crippen molar-refractivity contribution in [3.63, 3.8) is 0 Å². The number of carbonyl (C=O) groups is 5. The molecule has 178 valence electrons. The largest absolute Gasteiger partial charge is 0.480 e. The minimum Gasteiger partial charge on any atom is -0.480 e. The third-order valence-corrected chi connectivity index (χ3v) is 4.94. The second-order valence-electron chi connectivity index (χ2n) is 6.64. The van der Waals surface area contributed by atoms with Crippen molar-refractivity contribution in [2.75, 3.05) is 17.6 Å². The molecular formula is C19H23N5O8S. The summed E-state index contributed by atoms with van der Waals surface area (Å²) < 4.78 is 0. The number of thioether (sulfide) groups is 1. The summed E-state index contributed by atoms with van der Waals surface area (Å²) in [5.74, 6) is -4.38. The first-order valence-electron chi connectivity index (χ1n) is 9.43. The molecule has 13 nitrogen and oxygen atoms in total. The van der Waals surface area contributed by atoms with Crippen molar-refractivity contribution in [3.05, 3.63) is 23.8 Å². The molecule has 0 spiro atoms. The first-order chi connectivity index (χ1) is 15.5. The first kappa shape index (κ1) is 27.3. The number of carboxylic acid groups (broad SMARTS) is 2. The lowest BCUT2D eigenvalue weighted by Gasteiger charge is -2.18. The number of hydrogen-bond donors (Lipinski definition) is 6. The molecule has 14 heteroatoms. The number of aliphatic imine (C=N–C) groups is 1. The quantitative estimate of drug-likeness (QED) is 0.175. The van der Waals surface area contributed by atoms with Crippen LogP contribution in [-0.2, 0) is 24.0 Å². The zero-order valence-corrected chi connectivity index (χ0v) is 18.3. The van der Waals surface area contributed by atoms with Gasteiger partial charge in [0.2, 0.25) is 17.9 Å². The van der Waals surface area contributed by atoms with E-state index in [2.05, 4.69) is 20.9 Å². The number of carbonyl (C=O) groups excluding carboxylic acids is 4. The minimum absolute atomic E-state index is 0.183. The number of amides is 3. The maximum atomic E-state index is 12.3. The second kappa shape index (κ2) is 13.6. The number of anilines is 1. The number of aryl methyl sites for hydroxylation is 1. The predicted molar refractivity (Wildman–Crippen MR) is 118 cm³/mol. The molecule has 7 N–H and O–H groups in total. The smallest absolute Gasteiger partial charge is 0.322 e. The fourth-order valence-corrected chi connectivity index (χ4v) is 3.05. The van der Waals surface area contributed by atoms with E-state index in [1.807, 2.05) is 0 Å². The molecule has 0 aliphatic heterocycles. The summed E-state index contributed by atoms with van der Waals surface area (Å²) in [7, 11) is 0. The molecule has 0 aliphatic carbocycles. The van der Waals surface area contributed by atoms with Crippen LogP contribution < -0.4 is 21.7 Å². The molecule has 2 atom stereocenters. The molecule has 0 aliphatic rings. The zero-order valence-electron chi connectivity index (χ0n) is 17.5. The van der Waals surface area contributed by atoms with Gasteiger partial charge in [-0.1, -0.05) is 17.8 Å². The molecular weight excluding hydrogens is 458 g/mol. The molecule has 33 heavy (non-hydrogen) atoms. The van der Waals surface area contributed by atoms with Crippen molar-refractivity contribution in [2.45, 2.75) is 31.8 Å². The van der Waals surface area contributed by atoms with Gasteiger partial charge in [0, 0.05) is 17.9 Å². The molecule has 0 radical (unpaired) electrons. The number of rotatable bonds is 12. The molecule has 0 fully saturated rings. The summed E-state index contributed by atoms with van der Waals surface area (Å²) in [5, 5.41) is 23.9. The van der Waals surface area contributed by atoms with Gasteiger partial charge < -0.3 is 31.9 Å². The molecule has 3 amide bonds. The predicted octanol–water partition coefficient (Wildman–Crippen LogP) is 0.105. The normalized spacial score (nSPS) is 11.9. The van der Waals surface area contributed by atoms with Gasteiger partial charge in [-0.3, -0.25) is 24.0 Å². The SMILES string of the molecule is Cc1ccc(N=C=O)cc1NC(=O)SC[C@H](NC(=O)CC[C@H](N)C(=O)O)C(=O)NCC(=O)O. The van der Waals surface area contributed by atoms with Crippen LogP contribution in [0.3, 0.4) is 0 Å². The van der Waals surface area contributed by atoms with Crippen LogP contribution in [0.4, 0.5) is 16.2 Å². The van der Waals surface area contributed by atoms with Crippen LogP contribution in [0.25, 0.3) is 0 Å². The van der Waals surface area contributed by atoms with E-state index < -0.39 is 47.6 Å². The molecule has 1 rings (SSSR count). The Balaban J connectivity index is 2.78. The van der Waals surface area contributed by atoms with Gasteiger partial charge in [-0.25, -0.2) is 4.79 Å². The fraction of sp³-hybridized carbons (Fsp3) is 0.368. The average molecular weight is 481 g/mol. The number of hydrogen-bond acceptors (Lipinski definition) is 9. The maximum absolute atomic E-state index is 12.3. The van der Waals surface area contributed by atoms with Crippen LogP contribution in [0.15, 0.2) is 23.2 Å². The van der Waals surface area contributed by atoms with Gasteiger partial charge in [0.1, 0.15) is 18.6 Å². The Morgan fingerprint density at radius 2 is 1.91 bits per heavy atom. The topological polar surface area (TPSA) is 217 Å². The zero-order chi connectivity index (χ0) is 25.0. The summed E-state index contributed by atoms with van der Waals surface area (Å²) in [6.45, 7) is 1.01. The monoisotopic (exact) mass is 481 g/mol. The Hall–Kier alpha value is -3.74. The number of carboxylic acids is 2. The highest BCUT2D eigenvalue weighted by Gasteiger charge is 2.24. The van der Waals surface area contributed by atoms with E-state index in [9.17, 15) is 28.8 Å². The van der Waals surface area contributed by atoms with E-state index >= 15 is 0 Å². The van der Waals surface area contributed by atoms with Crippen LogP contribution in [-0.4, -0.2) is 69.7 Å². The van der Waals surface area contributed by atoms with Crippen molar-refractivity contribution in [1.29, 1.82) is 0 Å². The van der Waals surface area contributed by atoms with Crippen molar-refractivity contribution in [2.24, 2.45) is 10.7 Å². The number of benzene rings is 1. The Labute approximate surface area is 192 Å². The van der Waals surface area contributed by atoms with Crippen LogP contribution >= 0.6 is 11.8 Å². The highest BCUT2D eigenvalue weighted by atomic mass is 32.2. The highest BCUT2D eigenvalue weighted by molar-refractivity contribution is 8.13. The van der Waals surface area contributed by atoms with Gasteiger partial charge in [0.25, 0.3) is 5.24 Å². The lowest BCUT2D eigenvalue weighted by molar-refractivity contribution is -0.139. The Bertz CT molecular complexity index is 964. The molecule has 0 unspecified atom stereocenters.